The van der Waals surface area contributed by atoms with Gasteiger partial charge in [0.2, 0.25) is 0 Å². The number of aliphatic hydroxyl groups is 1. The maximum absolute atomic E-state index is 13.1. The number of allylic oxidation sites excluding steroid dienone is 4. The Morgan fingerprint density at radius 3 is 2.71 bits per heavy atom. The van der Waals surface area contributed by atoms with E-state index in [-0.39, 0.29) is 11.5 Å². The van der Waals surface area contributed by atoms with Crippen LogP contribution < -0.4 is 0 Å². The van der Waals surface area contributed by atoms with Gasteiger partial charge in [0.05, 0.1) is 22.9 Å². The Hall–Kier alpha value is -2.73. The molecule has 1 unspecified atom stereocenters. The topological polar surface area (TPSA) is 55.4 Å². The summed E-state index contributed by atoms with van der Waals surface area (Å²) in [6.45, 7) is 4.47. The van der Waals surface area contributed by atoms with E-state index < -0.39 is 5.60 Å². The molecule has 2 N–H and O–H groups in total. The van der Waals surface area contributed by atoms with E-state index in [1.807, 2.05) is 6.20 Å². The second kappa shape index (κ2) is 10.2. The van der Waals surface area contributed by atoms with Gasteiger partial charge in [0.25, 0.3) is 0 Å². The summed E-state index contributed by atoms with van der Waals surface area (Å²) in [5.41, 5.74) is 3.74. The summed E-state index contributed by atoms with van der Waals surface area (Å²) in [5.74, 6) is 0.385. The average Bonchev–Trinajstić information content (AvgIpc) is 3.49. The van der Waals surface area contributed by atoms with Crippen LogP contribution in [0.1, 0.15) is 69.9 Å². The number of piperidine rings is 1. The van der Waals surface area contributed by atoms with Crippen molar-refractivity contribution in [1.29, 1.82) is 0 Å². The smallest absolute Gasteiger partial charge is 0.0998 e. The molecule has 3 bridgehead atoms. The predicted octanol–water partition coefficient (Wildman–Crippen LogP) is 6.86. The summed E-state index contributed by atoms with van der Waals surface area (Å²) < 4.78 is 0. The summed E-state index contributed by atoms with van der Waals surface area (Å²) in [7, 11) is 0. The van der Waals surface area contributed by atoms with Gasteiger partial charge in [-0.25, -0.2) is 0 Å². The van der Waals surface area contributed by atoms with Crippen molar-refractivity contribution in [2.45, 2.75) is 81.9 Å². The molecule has 214 valence electrons. The van der Waals surface area contributed by atoms with Crippen LogP contribution in [-0.2, 0) is 0 Å². The molecule has 0 radical (unpaired) electrons. The highest BCUT2D eigenvalue weighted by Gasteiger charge is 2.65. The van der Waals surface area contributed by atoms with Crippen molar-refractivity contribution in [3.05, 3.63) is 72.6 Å². The van der Waals surface area contributed by atoms with Crippen molar-refractivity contribution in [3.63, 3.8) is 0 Å². The van der Waals surface area contributed by atoms with Crippen LogP contribution in [0.2, 0.25) is 0 Å². The van der Waals surface area contributed by atoms with Crippen molar-refractivity contribution in [2.24, 2.45) is 11.3 Å². The first-order valence-corrected chi connectivity index (χ1v) is 16.3. The molecule has 6 atom stereocenters. The van der Waals surface area contributed by atoms with Crippen LogP contribution in [0.4, 0.5) is 0 Å². The zero-order valence-corrected chi connectivity index (χ0v) is 24.3. The second-order valence-corrected chi connectivity index (χ2v) is 13.5. The van der Waals surface area contributed by atoms with E-state index in [0.717, 1.165) is 68.5 Å². The minimum Gasteiger partial charge on any atom is -0.384 e. The monoisotopic (exact) mass is 548 g/mol. The number of hydrogen-bond acceptors (Lipinski definition) is 4. The zero-order valence-electron chi connectivity index (χ0n) is 24.3. The molecular weight excluding hydrogens is 504 g/mol. The number of hydrogen-bond donors (Lipinski definition) is 2. The number of aromatic nitrogens is 2. The third kappa shape index (κ3) is 4.18. The molecule has 5 heteroatoms. The fraction of sp³-hybridized carbons (Fsp3) is 0.528. The van der Waals surface area contributed by atoms with Crippen LogP contribution in [0.25, 0.3) is 27.4 Å². The van der Waals surface area contributed by atoms with E-state index in [1.54, 1.807) is 0 Å². The number of nitrogens with zero attached hydrogens (tertiary/aromatic N) is 3. The first kappa shape index (κ1) is 25.9. The van der Waals surface area contributed by atoms with Gasteiger partial charge in [-0.2, -0.15) is 0 Å². The molecule has 5 aliphatic rings. The lowest BCUT2D eigenvalue weighted by Crippen LogP contribution is -2.65. The average molecular weight is 549 g/mol. The SMILES string of the molecule is O[C@@]12C=C(c3nccc4c3[nH]c3ccccc34)[C@@H]3CCN(CCCC/C=C\CC1)C[C@@]31C[C@@H]3/C=C\CCCCN3[C@H]12. The Balaban J connectivity index is 1.35. The lowest BCUT2D eigenvalue weighted by atomic mass is 9.54. The molecule has 0 saturated carbocycles. The van der Waals surface area contributed by atoms with Crippen LogP contribution in [0, 0.1) is 11.3 Å². The number of rotatable bonds is 1. The largest absolute Gasteiger partial charge is 0.384 e. The van der Waals surface area contributed by atoms with Gasteiger partial charge in [0.15, 0.2) is 0 Å². The molecule has 0 amide bonds. The van der Waals surface area contributed by atoms with Gasteiger partial charge >= 0.3 is 0 Å². The molecule has 2 aromatic heterocycles. The molecule has 2 saturated heterocycles. The lowest BCUT2D eigenvalue weighted by Gasteiger charge is -2.58. The highest BCUT2D eigenvalue weighted by molar-refractivity contribution is 6.09. The van der Waals surface area contributed by atoms with E-state index in [4.69, 9.17) is 4.98 Å². The zero-order chi connectivity index (χ0) is 27.4. The van der Waals surface area contributed by atoms with Gasteiger partial charge in [0, 0.05) is 40.5 Å². The van der Waals surface area contributed by atoms with Gasteiger partial charge in [-0.05, 0) is 114 Å². The third-order valence-corrected chi connectivity index (χ3v) is 11.2. The summed E-state index contributed by atoms with van der Waals surface area (Å²) in [5, 5.41) is 15.5. The van der Waals surface area contributed by atoms with Crippen molar-refractivity contribution in [3.8, 4) is 0 Å². The number of fused-ring (bicyclic) bond motifs is 5. The molecule has 2 fully saturated rings. The van der Waals surface area contributed by atoms with Gasteiger partial charge < -0.3 is 15.0 Å². The quantitative estimate of drug-likeness (QED) is 0.326. The normalized spacial score (nSPS) is 37.6. The summed E-state index contributed by atoms with van der Waals surface area (Å²) in [4.78, 5) is 14.4. The van der Waals surface area contributed by atoms with E-state index in [9.17, 15) is 5.11 Å². The van der Waals surface area contributed by atoms with E-state index in [0.29, 0.717) is 12.0 Å². The Labute approximate surface area is 244 Å². The third-order valence-electron chi connectivity index (χ3n) is 11.2. The van der Waals surface area contributed by atoms with Gasteiger partial charge in [-0.1, -0.05) is 42.5 Å². The highest BCUT2D eigenvalue weighted by Crippen LogP contribution is 2.61. The number of benzene rings is 1. The van der Waals surface area contributed by atoms with Crippen LogP contribution in [-0.4, -0.2) is 68.7 Å². The van der Waals surface area contributed by atoms with E-state index in [2.05, 4.69) is 75.5 Å². The number of para-hydroxylation sites is 1. The molecule has 41 heavy (non-hydrogen) atoms. The fourth-order valence-electron chi connectivity index (χ4n) is 9.59. The predicted molar refractivity (Wildman–Crippen MR) is 168 cm³/mol. The molecule has 1 aliphatic carbocycles. The van der Waals surface area contributed by atoms with Crippen molar-refractivity contribution in [2.75, 3.05) is 26.2 Å². The Morgan fingerprint density at radius 1 is 0.902 bits per heavy atom. The second-order valence-electron chi connectivity index (χ2n) is 13.5. The molecule has 1 aromatic carbocycles. The number of aromatic amines is 1. The number of nitrogens with one attached hydrogen (secondary N) is 1. The molecule has 6 heterocycles. The van der Waals surface area contributed by atoms with Crippen molar-refractivity contribution < 1.29 is 5.11 Å². The van der Waals surface area contributed by atoms with Gasteiger partial charge in [-0.15, -0.1) is 0 Å². The molecule has 4 aliphatic heterocycles. The first-order chi connectivity index (χ1) is 20.2. The summed E-state index contributed by atoms with van der Waals surface area (Å²) >= 11 is 0. The molecule has 5 nitrogen and oxygen atoms in total. The molecule has 8 rings (SSSR count). The van der Waals surface area contributed by atoms with Gasteiger partial charge in [0.1, 0.15) is 0 Å². The molecule has 3 aromatic rings. The Morgan fingerprint density at radius 2 is 1.76 bits per heavy atom. The Kier molecular flexibility index (Phi) is 6.46. The fourth-order valence-corrected chi connectivity index (χ4v) is 9.59. The minimum absolute atomic E-state index is 0.00403. The molecule has 1 spiro atoms. The minimum atomic E-state index is -0.898. The van der Waals surface area contributed by atoms with Crippen LogP contribution >= 0.6 is 0 Å². The maximum atomic E-state index is 13.1. The van der Waals surface area contributed by atoms with Crippen molar-refractivity contribution >= 4 is 27.4 Å². The van der Waals surface area contributed by atoms with Gasteiger partial charge in [-0.3, -0.25) is 9.88 Å². The number of H-pyrrole nitrogens is 1. The lowest BCUT2D eigenvalue weighted by molar-refractivity contribution is -0.0894. The first-order valence-electron chi connectivity index (χ1n) is 16.3. The Bertz CT molecular complexity index is 1530. The highest BCUT2D eigenvalue weighted by atomic mass is 16.3. The standard InChI is InChI=1S/C36H44N4O/c41-36-18-10-4-1-2-5-11-20-39-22-17-30(35(25-39)23-26-13-7-3-6-12-21-40(26)34(35)36)29(24-36)32-33-28(16-19-37-32)27-14-8-9-15-31(27)38-33/h1,4,7-9,13-16,19,24,26,30,34,38,41H,2-3,5-6,10-12,17-18,20-23,25H2/b4-1-,13-7-/t26-,30-,34+,35-,36+/m0/s1. The molecular formula is C36H44N4O. The summed E-state index contributed by atoms with van der Waals surface area (Å²) in [6.07, 6.45) is 25.2. The maximum Gasteiger partial charge on any atom is 0.0998 e. The van der Waals surface area contributed by atoms with Crippen LogP contribution in [0.15, 0.2) is 66.9 Å². The van der Waals surface area contributed by atoms with Crippen LogP contribution in [0.5, 0.6) is 0 Å². The summed E-state index contributed by atoms with van der Waals surface area (Å²) in [6, 6.07) is 11.3. The van der Waals surface area contributed by atoms with Crippen LogP contribution in [0.3, 0.4) is 0 Å². The number of pyridine rings is 1. The van der Waals surface area contributed by atoms with E-state index >= 15 is 0 Å². The van der Waals surface area contributed by atoms with E-state index in [1.165, 1.54) is 55.0 Å². The van der Waals surface area contributed by atoms with Crippen molar-refractivity contribution in [1.82, 2.24) is 19.8 Å².